The van der Waals surface area contributed by atoms with Crippen molar-refractivity contribution in [1.29, 1.82) is 0 Å². The van der Waals surface area contributed by atoms with Crippen LogP contribution in [0.15, 0.2) is 71.5 Å². The van der Waals surface area contributed by atoms with Gasteiger partial charge in [-0.3, -0.25) is 34.4 Å². The van der Waals surface area contributed by atoms with Crippen LogP contribution in [0.25, 0.3) is 11.1 Å². The smallest absolute Gasteiger partial charge is 0.328 e. The quantitative estimate of drug-likeness (QED) is 0.168. The Morgan fingerprint density at radius 1 is 0.860 bits per heavy atom. The lowest BCUT2D eigenvalue weighted by atomic mass is 9.94. The second-order valence-corrected chi connectivity index (χ2v) is 15.6. The van der Waals surface area contributed by atoms with Gasteiger partial charge in [-0.25, -0.2) is 4.79 Å². The monoisotopic (exact) mass is 773 g/mol. The molecule has 0 bridgehead atoms. The number of imide groups is 1. The summed E-state index contributed by atoms with van der Waals surface area (Å²) in [7, 11) is 0. The van der Waals surface area contributed by atoms with Crippen LogP contribution < -0.4 is 26.0 Å². The summed E-state index contributed by atoms with van der Waals surface area (Å²) in [5.74, 6) is -0.432. The predicted molar refractivity (Wildman–Crippen MR) is 224 cm³/mol. The number of H-pyrrole nitrogens is 1. The number of aromatic nitrogens is 1. The van der Waals surface area contributed by atoms with Gasteiger partial charge in [-0.05, 0) is 98.2 Å². The number of rotatable bonds is 12. The van der Waals surface area contributed by atoms with Gasteiger partial charge >= 0.3 is 6.03 Å². The summed E-state index contributed by atoms with van der Waals surface area (Å²) in [6.45, 7) is 16.0. The van der Waals surface area contributed by atoms with E-state index < -0.39 is 0 Å². The molecule has 0 saturated carbocycles. The van der Waals surface area contributed by atoms with Crippen LogP contribution in [0, 0.1) is 20.8 Å². The molecule has 1 aromatic heterocycles. The molecule has 3 aliphatic rings. The predicted octanol–water partition coefficient (Wildman–Crippen LogP) is 5.67. The molecule has 3 aliphatic heterocycles. The van der Waals surface area contributed by atoms with Gasteiger partial charge in [0.2, 0.25) is 5.91 Å². The van der Waals surface area contributed by atoms with Crippen LogP contribution in [0.3, 0.4) is 0 Å². The first-order chi connectivity index (χ1) is 27.6. The van der Waals surface area contributed by atoms with Gasteiger partial charge in [0.05, 0.1) is 0 Å². The Morgan fingerprint density at radius 3 is 2.25 bits per heavy atom. The Morgan fingerprint density at radius 2 is 1.56 bits per heavy atom. The molecule has 3 aromatic carbocycles. The minimum atomic E-state index is -0.357. The van der Waals surface area contributed by atoms with Crippen LogP contribution in [-0.4, -0.2) is 91.2 Å². The Hall–Kier alpha value is -5.30. The molecule has 4 heterocycles. The molecular weight excluding hydrogens is 719 g/mol. The SMILES string of the molecule is CCN(c1cc(-c2ccc(CN3CCN(Cc4ccccc4N4CCC(=O)NC4=O)CC3)cc2)cc(C(=O)NCc2c(C)cc(C)[nH]c2=O)c1C)C1CCOCC1. The lowest BCUT2D eigenvalue weighted by Gasteiger charge is -2.37. The topological polar surface area (TPSA) is 130 Å². The number of nitrogens with one attached hydrogen (secondary N) is 3. The van der Waals surface area contributed by atoms with Crippen LogP contribution in [0.5, 0.6) is 0 Å². The van der Waals surface area contributed by atoms with Crippen molar-refractivity contribution in [1.82, 2.24) is 25.4 Å². The summed E-state index contributed by atoms with van der Waals surface area (Å²) < 4.78 is 5.70. The molecule has 12 heteroatoms. The number of anilines is 2. The van der Waals surface area contributed by atoms with E-state index in [4.69, 9.17) is 4.74 Å². The minimum Gasteiger partial charge on any atom is -0.381 e. The van der Waals surface area contributed by atoms with Gasteiger partial charge in [0, 0.05) is 113 Å². The van der Waals surface area contributed by atoms with Crippen molar-refractivity contribution in [2.45, 2.75) is 72.6 Å². The summed E-state index contributed by atoms with van der Waals surface area (Å²) in [6.07, 6.45) is 2.17. The highest BCUT2D eigenvalue weighted by Crippen LogP contribution is 2.34. The third-order valence-electron chi connectivity index (χ3n) is 11.7. The van der Waals surface area contributed by atoms with Crippen LogP contribution in [0.2, 0.25) is 0 Å². The lowest BCUT2D eigenvalue weighted by Crippen LogP contribution is -2.50. The second-order valence-electron chi connectivity index (χ2n) is 15.6. The number of piperazine rings is 1. The van der Waals surface area contributed by atoms with E-state index >= 15 is 0 Å². The highest BCUT2D eigenvalue weighted by atomic mass is 16.5. The highest BCUT2D eigenvalue weighted by Gasteiger charge is 2.28. The fourth-order valence-electron chi connectivity index (χ4n) is 8.50. The first kappa shape index (κ1) is 39.9. The number of pyridine rings is 1. The maximum atomic E-state index is 14.0. The molecule has 3 fully saturated rings. The molecule has 300 valence electrons. The van der Waals surface area contributed by atoms with Gasteiger partial charge in [-0.15, -0.1) is 0 Å². The Bertz CT molecular complexity index is 2150. The van der Waals surface area contributed by atoms with Gasteiger partial charge in [0.25, 0.3) is 11.5 Å². The van der Waals surface area contributed by atoms with E-state index in [1.807, 2.05) is 51.1 Å². The molecule has 7 rings (SSSR count). The Balaban J connectivity index is 1.04. The van der Waals surface area contributed by atoms with Crippen molar-refractivity contribution >= 4 is 29.2 Å². The number of amides is 4. The number of aromatic amines is 1. The van der Waals surface area contributed by atoms with Crippen molar-refractivity contribution in [2.75, 3.05) is 62.3 Å². The number of aryl methyl sites for hydroxylation is 2. The maximum Gasteiger partial charge on any atom is 0.328 e. The summed E-state index contributed by atoms with van der Waals surface area (Å²) in [5, 5.41) is 5.50. The van der Waals surface area contributed by atoms with Crippen LogP contribution in [0.4, 0.5) is 16.2 Å². The Labute approximate surface area is 335 Å². The third-order valence-corrected chi connectivity index (χ3v) is 11.7. The molecular formula is C45H55N7O5. The largest absolute Gasteiger partial charge is 0.381 e. The molecule has 3 N–H and O–H groups in total. The van der Waals surface area contributed by atoms with Crippen molar-refractivity contribution in [2.24, 2.45) is 0 Å². The summed E-state index contributed by atoms with van der Waals surface area (Å²) >= 11 is 0. The van der Waals surface area contributed by atoms with Gasteiger partial charge < -0.3 is 19.9 Å². The van der Waals surface area contributed by atoms with Crippen molar-refractivity contribution in [3.8, 4) is 11.1 Å². The van der Waals surface area contributed by atoms with E-state index in [9.17, 15) is 19.2 Å². The fourth-order valence-corrected chi connectivity index (χ4v) is 8.50. The van der Waals surface area contributed by atoms with E-state index in [1.165, 1.54) is 5.56 Å². The van der Waals surface area contributed by atoms with Gasteiger partial charge in [0.15, 0.2) is 0 Å². The maximum absolute atomic E-state index is 14.0. The molecule has 0 radical (unpaired) electrons. The first-order valence-corrected chi connectivity index (χ1v) is 20.3. The molecule has 0 atom stereocenters. The van der Waals surface area contributed by atoms with Gasteiger partial charge in [-0.2, -0.15) is 0 Å². The van der Waals surface area contributed by atoms with E-state index in [2.05, 4.69) is 73.6 Å². The lowest BCUT2D eigenvalue weighted by molar-refractivity contribution is -0.120. The number of carbonyl (C=O) groups excluding carboxylic acids is 3. The number of hydrogen-bond acceptors (Lipinski definition) is 8. The van der Waals surface area contributed by atoms with E-state index in [-0.39, 0.29) is 29.9 Å². The van der Waals surface area contributed by atoms with Crippen molar-refractivity contribution in [3.63, 3.8) is 0 Å². The molecule has 4 amide bonds. The molecule has 3 saturated heterocycles. The van der Waals surface area contributed by atoms with E-state index in [0.29, 0.717) is 30.1 Å². The summed E-state index contributed by atoms with van der Waals surface area (Å²) in [4.78, 5) is 62.8. The second kappa shape index (κ2) is 17.9. The highest BCUT2D eigenvalue weighted by molar-refractivity contribution is 6.06. The third kappa shape index (κ3) is 9.30. The molecule has 57 heavy (non-hydrogen) atoms. The zero-order valence-electron chi connectivity index (χ0n) is 33.7. The number of urea groups is 1. The Kier molecular flexibility index (Phi) is 12.5. The molecule has 12 nitrogen and oxygen atoms in total. The molecule has 0 spiro atoms. The van der Waals surface area contributed by atoms with Gasteiger partial charge in [0.1, 0.15) is 0 Å². The standard InChI is InChI=1S/C45H55N7O5/c1-5-51(37-15-22-57-23-16-37)41-26-36(25-38(32(41)4)43(54)46-27-39-30(2)24-31(3)47-44(39)55)34-12-10-33(11-13-34)28-49-18-20-50(21-19-49)29-35-8-6-7-9-40(35)52-17-14-42(53)48-45(52)56/h6-13,24-26,37H,5,14-23,27-29H2,1-4H3,(H,46,54)(H,47,55)(H,48,53,56). The fraction of sp³-hybridized carbons (Fsp3) is 0.422. The van der Waals surface area contributed by atoms with Crippen LogP contribution >= 0.6 is 0 Å². The molecule has 0 unspecified atom stereocenters. The van der Waals surface area contributed by atoms with Crippen LogP contribution in [0.1, 0.15) is 70.1 Å². The molecule has 0 aliphatic carbocycles. The number of hydrogen-bond donors (Lipinski definition) is 3. The number of carbonyl (C=O) groups is 3. The zero-order valence-corrected chi connectivity index (χ0v) is 33.7. The number of nitrogens with zero attached hydrogens (tertiary/aromatic N) is 4. The van der Waals surface area contributed by atoms with E-state index in [0.717, 1.165) is 117 Å². The molecule has 4 aromatic rings. The number of para-hydroxylation sites is 1. The van der Waals surface area contributed by atoms with Crippen LogP contribution in [-0.2, 0) is 29.2 Å². The van der Waals surface area contributed by atoms with Crippen molar-refractivity contribution < 1.29 is 19.1 Å². The van der Waals surface area contributed by atoms with E-state index in [1.54, 1.807) is 4.90 Å². The number of ether oxygens (including phenoxy) is 1. The van der Waals surface area contributed by atoms with Gasteiger partial charge in [-0.1, -0.05) is 42.5 Å². The van der Waals surface area contributed by atoms with Crippen molar-refractivity contribution in [3.05, 3.63) is 116 Å². The zero-order chi connectivity index (χ0) is 40.1. The average Bonchev–Trinajstić information content (AvgIpc) is 3.20. The minimum absolute atomic E-state index is 0.146. The number of benzene rings is 3. The first-order valence-electron chi connectivity index (χ1n) is 20.3. The summed E-state index contributed by atoms with van der Waals surface area (Å²) in [5.41, 5.74) is 9.79. The normalized spacial score (nSPS) is 17.1. The average molecular weight is 774 g/mol. The summed E-state index contributed by atoms with van der Waals surface area (Å²) in [6, 6.07) is 22.8.